The highest BCUT2D eigenvalue weighted by Crippen LogP contribution is 2.61. The Morgan fingerprint density at radius 1 is 1.33 bits per heavy atom. The summed E-state index contributed by atoms with van der Waals surface area (Å²) in [6, 6.07) is -1.51. The summed E-state index contributed by atoms with van der Waals surface area (Å²) < 4.78 is 12.1. The van der Waals surface area contributed by atoms with Gasteiger partial charge >= 0.3 is 5.97 Å². The van der Waals surface area contributed by atoms with Crippen molar-refractivity contribution in [3.05, 3.63) is 25.3 Å². The van der Waals surface area contributed by atoms with Crippen LogP contribution in [0.4, 0.5) is 0 Å². The molecule has 0 aromatic carbocycles. The predicted molar refractivity (Wildman–Crippen MR) is 140 cm³/mol. The number of nitrogens with zero attached hydrogens (tertiary/aromatic N) is 2. The van der Waals surface area contributed by atoms with E-state index < -0.39 is 41.6 Å². The van der Waals surface area contributed by atoms with Crippen molar-refractivity contribution < 1.29 is 29.0 Å². The summed E-state index contributed by atoms with van der Waals surface area (Å²) in [5, 5.41) is 10.3. The first-order valence-corrected chi connectivity index (χ1v) is 14.0. The number of rotatable bonds is 14. The van der Waals surface area contributed by atoms with Gasteiger partial charge in [0.2, 0.25) is 11.8 Å². The second-order valence-electron chi connectivity index (χ2n) is 10.4. The van der Waals surface area contributed by atoms with Gasteiger partial charge in [0.15, 0.2) is 0 Å². The molecule has 3 heterocycles. The molecule has 3 saturated heterocycles. The van der Waals surface area contributed by atoms with Crippen LogP contribution in [0.25, 0.3) is 0 Å². The van der Waals surface area contributed by atoms with Crippen LogP contribution in [0.1, 0.15) is 52.9 Å². The van der Waals surface area contributed by atoms with Crippen LogP contribution < -0.4 is 0 Å². The smallest absolute Gasteiger partial charge is 0.312 e. The summed E-state index contributed by atoms with van der Waals surface area (Å²) in [6.07, 6.45) is 6.41. The molecule has 36 heavy (non-hydrogen) atoms. The molecule has 2 bridgehead atoms. The zero-order valence-electron chi connectivity index (χ0n) is 21.7. The van der Waals surface area contributed by atoms with Crippen molar-refractivity contribution in [1.82, 2.24) is 9.80 Å². The zero-order valence-corrected chi connectivity index (χ0v) is 23.3. The van der Waals surface area contributed by atoms with Crippen molar-refractivity contribution in [1.29, 1.82) is 0 Å². The lowest BCUT2D eigenvalue weighted by molar-refractivity contribution is -0.157. The Morgan fingerprint density at radius 3 is 2.64 bits per heavy atom. The molecule has 3 unspecified atom stereocenters. The highest BCUT2D eigenvalue weighted by molar-refractivity contribution is 9.09. The number of carbonyl (C=O) groups is 3. The second-order valence-corrected chi connectivity index (χ2v) is 11.6. The van der Waals surface area contributed by atoms with Crippen LogP contribution >= 0.6 is 15.9 Å². The van der Waals surface area contributed by atoms with Gasteiger partial charge in [-0.05, 0) is 31.6 Å². The Kier molecular flexibility index (Phi) is 9.80. The van der Waals surface area contributed by atoms with Crippen molar-refractivity contribution >= 4 is 33.7 Å². The minimum atomic E-state index is -1.16. The Bertz CT molecular complexity index is 850. The lowest BCUT2D eigenvalue weighted by Crippen LogP contribution is -2.60. The average molecular weight is 570 g/mol. The normalized spacial score (nSPS) is 31.4. The summed E-state index contributed by atoms with van der Waals surface area (Å²) in [4.78, 5) is 44.6. The molecule has 0 aromatic heterocycles. The van der Waals surface area contributed by atoms with E-state index in [2.05, 4.69) is 36.0 Å². The number of unbranched alkanes of at least 4 members (excludes halogenated alkanes) is 2. The highest BCUT2D eigenvalue weighted by Gasteiger charge is 2.77. The molecule has 3 rings (SSSR count). The number of esters is 1. The third-order valence-electron chi connectivity index (χ3n) is 7.79. The number of amides is 2. The van der Waals surface area contributed by atoms with Gasteiger partial charge in [-0.1, -0.05) is 55.3 Å². The summed E-state index contributed by atoms with van der Waals surface area (Å²) >= 11 is 3.67. The zero-order chi connectivity index (χ0) is 26.6. The van der Waals surface area contributed by atoms with Crippen molar-refractivity contribution in [2.75, 3.05) is 26.3 Å². The fourth-order valence-corrected chi connectivity index (χ4v) is 7.00. The average Bonchev–Trinajstić information content (AvgIpc) is 3.43. The summed E-state index contributed by atoms with van der Waals surface area (Å²) in [5.74, 6) is -2.75. The standard InChI is InChI=1S/C27H41BrN2O6/c1-6-9-11-14-35-26(34)20-21-24(32)30(19(16-31)17(4)5)23(27(21)15-18(28)22(20)36-27)25(33)29(12-8-3)13-10-7-2/h6,8,17-23,31H,1,3,7,9-16H2,2,4-5H3/t18?,19-,20+,21-,22+,23?,27?/m0/s1. The molecule has 0 saturated carbocycles. The number of hydrogen-bond donors (Lipinski definition) is 1. The number of allylic oxidation sites excluding steroid dienone is 1. The van der Waals surface area contributed by atoms with Gasteiger partial charge in [0.25, 0.3) is 0 Å². The molecular weight excluding hydrogens is 528 g/mol. The van der Waals surface area contributed by atoms with E-state index in [1.165, 1.54) is 4.90 Å². The van der Waals surface area contributed by atoms with E-state index >= 15 is 0 Å². The van der Waals surface area contributed by atoms with E-state index in [0.29, 0.717) is 25.9 Å². The van der Waals surface area contributed by atoms with Crippen molar-refractivity contribution in [2.45, 2.75) is 81.5 Å². The molecule has 202 valence electrons. The minimum Gasteiger partial charge on any atom is -0.465 e. The maximum atomic E-state index is 14.2. The fraction of sp³-hybridized carbons (Fsp3) is 0.741. The molecule has 9 heteroatoms. The van der Waals surface area contributed by atoms with Gasteiger partial charge in [0.05, 0.1) is 37.2 Å². The molecule has 3 fully saturated rings. The molecule has 0 radical (unpaired) electrons. The van der Waals surface area contributed by atoms with E-state index in [0.717, 1.165) is 19.3 Å². The molecular formula is C27H41BrN2O6. The van der Waals surface area contributed by atoms with E-state index in [-0.39, 0.29) is 35.8 Å². The number of fused-ring (bicyclic) bond motifs is 1. The molecule has 2 amide bonds. The van der Waals surface area contributed by atoms with Gasteiger partial charge in [0, 0.05) is 17.9 Å². The van der Waals surface area contributed by atoms with Crippen LogP contribution in [0.3, 0.4) is 0 Å². The van der Waals surface area contributed by atoms with Crippen LogP contribution in [0.15, 0.2) is 25.3 Å². The summed E-state index contributed by atoms with van der Waals surface area (Å²) in [7, 11) is 0. The van der Waals surface area contributed by atoms with E-state index in [4.69, 9.17) is 9.47 Å². The number of aliphatic hydroxyl groups is 1. The number of ether oxygens (including phenoxy) is 2. The Hall–Kier alpha value is -1.71. The Morgan fingerprint density at radius 2 is 2.06 bits per heavy atom. The number of hydrogen-bond acceptors (Lipinski definition) is 6. The minimum absolute atomic E-state index is 0.103. The first kappa shape index (κ1) is 28.9. The Balaban J connectivity index is 2.03. The summed E-state index contributed by atoms with van der Waals surface area (Å²) in [5.41, 5.74) is -1.16. The van der Waals surface area contributed by atoms with Crippen LogP contribution in [0, 0.1) is 17.8 Å². The molecule has 1 spiro atoms. The van der Waals surface area contributed by atoms with Gasteiger partial charge in [-0.3, -0.25) is 14.4 Å². The van der Waals surface area contributed by atoms with Gasteiger partial charge in [-0.2, -0.15) is 0 Å². The first-order chi connectivity index (χ1) is 17.2. The Labute approximate surface area is 223 Å². The van der Waals surface area contributed by atoms with Crippen molar-refractivity contribution in [2.24, 2.45) is 17.8 Å². The van der Waals surface area contributed by atoms with Crippen LogP contribution in [-0.4, -0.2) is 87.6 Å². The van der Waals surface area contributed by atoms with Gasteiger partial charge in [0.1, 0.15) is 11.6 Å². The van der Waals surface area contributed by atoms with Gasteiger partial charge < -0.3 is 24.4 Å². The van der Waals surface area contributed by atoms with E-state index in [1.807, 2.05) is 13.8 Å². The molecule has 0 aliphatic carbocycles. The quantitative estimate of drug-likeness (QED) is 0.150. The largest absolute Gasteiger partial charge is 0.465 e. The van der Waals surface area contributed by atoms with Gasteiger partial charge in [-0.15, -0.1) is 13.2 Å². The van der Waals surface area contributed by atoms with Crippen molar-refractivity contribution in [3.8, 4) is 0 Å². The molecule has 3 aliphatic heterocycles. The number of carbonyl (C=O) groups excluding carboxylic acids is 3. The van der Waals surface area contributed by atoms with Crippen molar-refractivity contribution in [3.63, 3.8) is 0 Å². The molecule has 3 aliphatic rings. The number of aliphatic hydroxyl groups excluding tert-OH is 1. The number of likely N-dealkylation sites (tertiary alicyclic amines) is 1. The maximum Gasteiger partial charge on any atom is 0.312 e. The second kappa shape index (κ2) is 12.2. The number of alkyl halides is 1. The molecule has 0 aromatic rings. The van der Waals surface area contributed by atoms with Gasteiger partial charge in [-0.25, -0.2) is 0 Å². The fourth-order valence-electron chi connectivity index (χ4n) is 6.06. The topological polar surface area (TPSA) is 96.4 Å². The lowest BCUT2D eigenvalue weighted by Gasteiger charge is -2.40. The van der Waals surface area contributed by atoms with Crippen LogP contribution in [-0.2, 0) is 23.9 Å². The van der Waals surface area contributed by atoms with Crippen LogP contribution in [0.2, 0.25) is 0 Å². The monoisotopic (exact) mass is 568 g/mol. The summed E-state index contributed by atoms with van der Waals surface area (Å²) in [6.45, 7) is 14.2. The molecule has 7 atom stereocenters. The highest BCUT2D eigenvalue weighted by atomic mass is 79.9. The van der Waals surface area contributed by atoms with Crippen LogP contribution in [0.5, 0.6) is 0 Å². The predicted octanol–water partition coefficient (Wildman–Crippen LogP) is 3.08. The molecule has 8 nitrogen and oxygen atoms in total. The SMILES string of the molecule is C=CCCCOC(=O)[C@H]1[C@@H]2OC3(CC2Br)C(C(=O)N(CC=C)CCCC)N([C@@H](CO)C(C)C)C(=O)[C@H]13. The maximum absolute atomic E-state index is 14.2. The first-order valence-electron chi connectivity index (χ1n) is 13.1. The third-order valence-corrected chi connectivity index (χ3v) is 8.63. The molecule has 1 N–H and O–H groups in total. The van der Waals surface area contributed by atoms with E-state index in [1.54, 1.807) is 17.1 Å². The van der Waals surface area contributed by atoms with E-state index in [9.17, 15) is 19.5 Å². The third kappa shape index (κ3) is 5.03. The lowest BCUT2D eigenvalue weighted by atomic mass is 9.70. The number of halogens is 1.